The quantitative estimate of drug-likeness (QED) is 0.554. The van der Waals surface area contributed by atoms with Crippen LogP contribution in [0.1, 0.15) is 24.2 Å². The normalized spacial score (nSPS) is 13.2. The van der Waals surface area contributed by atoms with Gasteiger partial charge in [-0.15, -0.1) is 0 Å². The van der Waals surface area contributed by atoms with E-state index < -0.39 is 0 Å². The lowest BCUT2D eigenvalue weighted by molar-refractivity contribution is 0.262. The van der Waals surface area contributed by atoms with Crippen molar-refractivity contribution in [3.8, 4) is 0 Å². The second-order valence-electron chi connectivity index (χ2n) is 7.50. The fourth-order valence-electron chi connectivity index (χ4n) is 3.53. The van der Waals surface area contributed by atoms with Crippen LogP contribution in [0.3, 0.4) is 0 Å². The molecule has 154 valence electrons. The zero-order valence-electron chi connectivity index (χ0n) is 17.3. The fourth-order valence-corrected chi connectivity index (χ4v) is 3.53. The minimum atomic E-state index is -0.275. The van der Waals surface area contributed by atoms with Gasteiger partial charge in [-0.3, -0.25) is 0 Å². The summed E-state index contributed by atoms with van der Waals surface area (Å²) < 4.78 is 0. The number of carbonyl (C=O) groups is 1. The molecule has 0 aliphatic carbocycles. The van der Waals surface area contributed by atoms with Crippen molar-refractivity contribution in [1.29, 1.82) is 0 Å². The van der Waals surface area contributed by atoms with E-state index in [2.05, 4.69) is 30.8 Å². The van der Waals surface area contributed by atoms with Crippen molar-refractivity contribution >= 4 is 34.7 Å². The average molecular weight is 403 g/mol. The Morgan fingerprint density at radius 2 is 1.57 bits per heavy atom. The van der Waals surface area contributed by atoms with E-state index in [1.165, 1.54) is 12.8 Å². The number of benzene rings is 2. The first kappa shape index (κ1) is 19.7. The Kier molecular flexibility index (Phi) is 5.79. The molecular formula is C23H26N6O. The SMILES string of the molecule is Cc1cccc(NC(=O)Nc2ccc(Nc3cc(N4CCCC4)nc(C)n3)cc2)c1. The Bertz CT molecular complexity index is 1030. The monoisotopic (exact) mass is 402 g/mol. The van der Waals surface area contributed by atoms with Crippen molar-refractivity contribution in [2.45, 2.75) is 26.7 Å². The third kappa shape index (κ3) is 5.05. The Labute approximate surface area is 176 Å². The number of nitrogens with one attached hydrogen (secondary N) is 3. The van der Waals surface area contributed by atoms with E-state index >= 15 is 0 Å². The summed E-state index contributed by atoms with van der Waals surface area (Å²) in [6, 6.07) is 16.9. The summed E-state index contributed by atoms with van der Waals surface area (Å²) in [6.07, 6.45) is 2.41. The summed E-state index contributed by atoms with van der Waals surface area (Å²) in [6.45, 7) is 5.98. The maximum atomic E-state index is 12.2. The molecule has 0 unspecified atom stereocenters. The van der Waals surface area contributed by atoms with Crippen LogP contribution < -0.4 is 20.9 Å². The highest BCUT2D eigenvalue weighted by molar-refractivity contribution is 5.99. The van der Waals surface area contributed by atoms with Crippen LogP contribution >= 0.6 is 0 Å². The van der Waals surface area contributed by atoms with Crippen LogP contribution in [0, 0.1) is 13.8 Å². The van der Waals surface area contributed by atoms with Gasteiger partial charge in [0.15, 0.2) is 0 Å². The summed E-state index contributed by atoms with van der Waals surface area (Å²) in [5, 5.41) is 9.01. The number of hydrogen-bond acceptors (Lipinski definition) is 5. The summed E-state index contributed by atoms with van der Waals surface area (Å²) >= 11 is 0. The number of amides is 2. The first-order chi connectivity index (χ1) is 14.5. The number of aromatic nitrogens is 2. The highest BCUT2D eigenvalue weighted by atomic mass is 16.2. The van der Waals surface area contributed by atoms with Gasteiger partial charge < -0.3 is 20.9 Å². The minimum Gasteiger partial charge on any atom is -0.356 e. The Hall–Kier alpha value is -3.61. The highest BCUT2D eigenvalue weighted by Gasteiger charge is 2.15. The molecule has 7 nitrogen and oxygen atoms in total. The molecule has 0 spiro atoms. The van der Waals surface area contributed by atoms with Gasteiger partial charge in [-0.25, -0.2) is 14.8 Å². The van der Waals surface area contributed by atoms with E-state index in [9.17, 15) is 4.79 Å². The molecule has 2 heterocycles. The minimum absolute atomic E-state index is 0.275. The standard InChI is InChI=1S/C23H26N6O/c1-16-6-5-7-20(14-16)28-23(30)27-19-10-8-18(9-11-19)26-21-15-22(25-17(2)24-21)29-12-3-4-13-29/h5-11,14-15H,3-4,12-13H2,1-2H3,(H,24,25,26)(H2,27,28,30). The number of carbonyl (C=O) groups excluding carboxylic acids is 1. The topological polar surface area (TPSA) is 82.2 Å². The van der Waals surface area contributed by atoms with Crippen molar-refractivity contribution in [2.24, 2.45) is 0 Å². The molecule has 2 aromatic carbocycles. The molecule has 7 heteroatoms. The molecule has 3 N–H and O–H groups in total. The molecular weight excluding hydrogens is 376 g/mol. The molecule has 1 fully saturated rings. The Morgan fingerprint density at radius 3 is 2.30 bits per heavy atom. The van der Waals surface area contributed by atoms with E-state index in [-0.39, 0.29) is 6.03 Å². The summed E-state index contributed by atoms with van der Waals surface area (Å²) in [5.74, 6) is 2.48. The fraction of sp³-hybridized carbons (Fsp3) is 0.261. The first-order valence-corrected chi connectivity index (χ1v) is 10.2. The van der Waals surface area contributed by atoms with Gasteiger partial charge in [0.25, 0.3) is 0 Å². The van der Waals surface area contributed by atoms with Gasteiger partial charge in [0.1, 0.15) is 17.5 Å². The van der Waals surface area contributed by atoms with Crippen LogP contribution in [0.15, 0.2) is 54.6 Å². The zero-order valence-corrected chi connectivity index (χ0v) is 17.3. The predicted octanol–water partition coefficient (Wildman–Crippen LogP) is 5.08. The highest BCUT2D eigenvalue weighted by Crippen LogP contribution is 2.23. The van der Waals surface area contributed by atoms with Crippen molar-refractivity contribution in [2.75, 3.05) is 33.9 Å². The Morgan fingerprint density at radius 1 is 0.867 bits per heavy atom. The largest absolute Gasteiger partial charge is 0.356 e. The van der Waals surface area contributed by atoms with Gasteiger partial charge in [-0.05, 0) is 68.7 Å². The lowest BCUT2D eigenvalue weighted by atomic mass is 10.2. The second-order valence-corrected chi connectivity index (χ2v) is 7.50. The number of hydrogen-bond donors (Lipinski definition) is 3. The molecule has 3 aromatic rings. The Balaban J connectivity index is 1.38. The molecule has 1 aliphatic rings. The first-order valence-electron chi connectivity index (χ1n) is 10.2. The van der Waals surface area contributed by atoms with E-state index in [0.29, 0.717) is 5.69 Å². The molecule has 0 radical (unpaired) electrons. The molecule has 0 saturated carbocycles. The van der Waals surface area contributed by atoms with Gasteiger partial charge in [0, 0.05) is 36.2 Å². The molecule has 30 heavy (non-hydrogen) atoms. The van der Waals surface area contributed by atoms with Crippen LogP contribution in [0.25, 0.3) is 0 Å². The third-order valence-electron chi connectivity index (χ3n) is 4.95. The molecule has 1 aliphatic heterocycles. The maximum absolute atomic E-state index is 12.2. The molecule has 1 aromatic heterocycles. The van der Waals surface area contributed by atoms with Crippen LogP contribution in [-0.2, 0) is 0 Å². The van der Waals surface area contributed by atoms with Gasteiger partial charge in [-0.1, -0.05) is 12.1 Å². The third-order valence-corrected chi connectivity index (χ3v) is 4.95. The van der Waals surface area contributed by atoms with Crippen molar-refractivity contribution in [3.05, 3.63) is 66.0 Å². The van der Waals surface area contributed by atoms with Gasteiger partial charge in [0.05, 0.1) is 0 Å². The van der Waals surface area contributed by atoms with Gasteiger partial charge >= 0.3 is 6.03 Å². The van der Waals surface area contributed by atoms with E-state index in [1.807, 2.05) is 68.4 Å². The van der Waals surface area contributed by atoms with Crippen molar-refractivity contribution in [3.63, 3.8) is 0 Å². The van der Waals surface area contributed by atoms with Crippen LogP contribution in [0.5, 0.6) is 0 Å². The molecule has 2 amide bonds. The molecule has 0 atom stereocenters. The molecule has 1 saturated heterocycles. The predicted molar refractivity (Wildman–Crippen MR) is 122 cm³/mol. The molecule has 0 bridgehead atoms. The maximum Gasteiger partial charge on any atom is 0.323 e. The number of anilines is 5. The number of rotatable bonds is 5. The van der Waals surface area contributed by atoms with Crippen LogP contribution in [0.4, 0.5) is 33.5 Å². The summed E-state index contributed by atoms with van der Waals surface area (Å²) in [7, 11) is 0. The molecule has 4 rings (SSSR count). The van der Waals surface area contributed by atoms with Crippen molar-refractivity contribution in [1.82, 2.24) is 9.97 Å². The van der Waals surface area contributed by atoms with Crippen molar-refractivity contribution < 1.29 is 4.79 Å². The van der Waals surface area contributed by atoms with E-state index in [0.717, 1.165) is 47.5 Å². The second kappa shape index (κ2) is 8.82. The lowest BCUT2D eigenvalue weighted by Gasteiger charge is -2.18. The lowest BCUT2D eigenvalue weighted by Crippen LogP contribution is -2.20. The van der Waals surface area contributed by atoms with Crippen LogP contribution in [0.2, 0.25) is 0 Å². The average Bonchev–Trinajstić information content (AvgIpc) is 3.24. The smallest absolute Gasteiger partial charge is 0.323 e. The number of nitrogens with zero attached hydrogens (tertiary/aromatic N) is 3. The van der Waals surface area contributed by atoms with E-state index in [4.69, 9.17) is 0 Å². The number of urea groups is 1. The van der Waals surface area contributed by atoms with Gasteiger partial charge in [-0.2, -0.15) is 0 Å². The zero-order chi connectivity index (χ0) is 20.9. The summed E-state index contributed by atoms with van der Waals surface area (Å²) in [4.78, 5) is 23.6. The summed E-state index contributed by atoms with van der Waals surface area (Å²) in [5.41, 5.74) is 3.46. The van der Waals surface area contributed by atoms with E-state index in [1.54, 1.807) is 0 Å². The van der Waals surface area contributed by atoms with Crippen LogP contribution in [-0.4, -0.2) is 29.1 Å². The van der Waals surface area contributed by atoms with Gasteiger partial charge in [0.2, 0.25) is 0 Å². The number of aryl methyl sites for hydroxylation is 2.